The Morgan fingerprint density at radius 3 is 2.55 bits per heavy atom. The van der Waals surface area contributed by atoms with Crippen LogP contribution in [0.4, 0.5) is 0 Å². The van der Waals surface area contributed by atoms with Crippen molar-refractivity contribution in [3.05, 3.63) is 0 Å². The fourth-order valence-electron chi connectivity index (χ4n) is 3.76. The molecule has 2 fully saturated rings. The fourth-order valence-corrected chi connectivity index (χ4v) is 3.76. The molecule has 1 aliphatic carbocycles. The third-order valence-electron chi connectivity index (χ3n) is 5.36. The number of hydrogen-bond donors (Lipinski definition) is 1. The molecule has 126 valence electrons. The number of carbonyl (C=O) groups is 2. The molecule has 1 saturated heterocycles. The number of amides is 1. The van der Waals surface area contributed by atoms with Crippen molar-refractivity contribution < 1.29 is 14.3 Å². The summed E-state index contributed by atoms with van der Waals surface area (Å²) in [6.45, 7) is 4.97. The summed E-state index contributed by atoms with van der Waals surface area (Å²) in [5, 5.41) is 0. The highest BCUT2D eigenvalue weighted by Crippen LogP contribution is 2.34. The van der Waals surface area contributed by atoms with Crippen molar-refractivity contribution in [2.24, 2.45) is 11.7 Å². The summed E-state index contributed by atoms with van der Waals surface area (Å²) in [5.41, 5.74) is 5.83. The largest absolute Gasteiger partial charge is 0.469 e. The molecule has 0 aromatic carbocycles. The van der Waals surface area contributed by atoms with E-state index in [-0.39, 0.29) is 23.8 Å². The summed E-state index contributed by atoms with van der Waals surface area (Å²) in [5.74, 6) is -0.478. The number of rotatable bonds is 4. The summed E-state index contributed by atoms with van der Waals surface area (Å²) >= 11 is 0. The number of ether oxygens (including phenoxy) is 1. The lowest BCUT2D eigenvalue weighted by Gasteiger charge is -2.43. The second-order valence-corrected chi connectivity index (χ2v) is 6.85. The van der Waals surface area contributed by atoms with Crippen LogP contribution < -0.4 is 5.73 Å². The van der Waals surface area contributed by atoms with Crippen molar-refractivity contribution in [1.29, 1.82) is 0 Å². The zero-order chi connectivity index (χ0) is 16.4. The maximum atomic E-state index is 12.3. The molecule has 0 aromatic heterocycles. The summed E-state index contributed by atoms with van der Waals surface area (Å²) in [4.78, 5) is 28.6. The molecule has 0 aromatic rings. The summed E-state index contributed by atoms with van der Waals surface area (Å²) in [6, 6.07) is 0.313. The zero-order valence-corrected chi connectivity index (χ0v) is 14.1. The SMILES string of the molecule is COC(=O)C1C[C@H](N(C)C(C)C)CC[C@@H]1N1CC[C@H](N)C1=O. The van der Waals surface area contributed by atoms with Gasteiger partial charge in [-0.2, -0.15) is 0 Å². The molecule has 1 unspecified atom stereocenters. The lowest BCUT2D eigenvalue weighted by molar-refractivity contribution is -0.152. The molecule has 1 heterocycles. The number of likely N-dealkylation sites (tertiary alicyclic amines) is 1. The Kier molecular flexibility index (Phi) is 5.45. The molecular formula is C16H29N3O3. The molecule has 1 amide bonds. The minimum absolute atomic E-state index is 0.0189. The van der Waals surface area contributed by atoms with Crippen LogP contribution in [0.25, 0.3) is 0 Å². The van der Waals surface area contributed by atoms with Gasteiger partial charge < -0.3 is 20.3 Å². The highest BCUT2D eigenvalue weighted by Gasteiger charge is 2.44. The maximum Gasteiger partial charge on any atom is 0.310 e. The normalized spacial score (nSPS) is 32.9. The lowest BCUT2D eigenvalue weighted by Crippen LogP contribution is -2.53. The number of esters is 1. The first-order chi connectivity index (χ1) is 10.4. The van der Waals surface area contributed by atoms with Gasteiger partial charge in [0, 0.05) is 24.7 Å². The van der Waals surface area contributed by atoms with E-state index in [0.29, 0.717) is 25.0 Å². The quantitative estimate of drug-likeness (QED) is 0.769. The average molecular weight is 311 g/mol. The third kappa shape index (κ3) is 3.27. The van der Waals surface area contributed by atoms with Crippen molar-refractivity contribution in [3.8, 4) is 0 Å². The Morgan fingerprint density at radius 1 is 1.36 bits per heavy atom. The summed E-state index contributed by atoms with van der Waals surface area (Å²) < 4.78 is 5.00. The van der Waals surface area contributed by atoms with Gasteiger partial charge in [-0.25, -0.2) is 0 Å². The molecule has 6 heteroatoms. The van der Waals surface area contributed by atoms with E-state index in [1.54, 1.807) is 0 Å². The van der Waals surface area contributed by atoms with Crippen LogP contribution in [0.5, 0.6) is 0 Å². The van der Waals surface area contributed by atoms with Gasteiger partial charge in [-0.05, 0) is 46.6 Å². The smallest absolute Gasteiger partial charge is 0.310 e. The first kappa shape index (κ1) is 17.2. The van der Waals surface area contributed by atoms with Gasteiger partial charge in [0.05, 0.1) is 19.1 Å². The second-order valence-electron chi connectivity index (χ2n) is 6.85. The number of methoxy groups -OCH3 is 1. The van der Waals surface area contributed by atoms with Crippen LogP contribution in [0.15, 0.2) is 0 Å². The number of hydrogen-bond acceptors (Lipinski definition) is 5. The Morgan fingerprint density at radius 2 is 2.05 bits per heavy atom. The van der Waals surface area contributed by atoms with Crippen molar-refractivity contribution in [1.82, 2.24) is 9.80 Å². The predicted octanol–water partition coefficient (Wildman–Crippen LogP) is 0.597. The van der Waals surface area contributed by atoms with Crippen molar-refractivity contribution in [2.75, 3.05) is 20.7 Å². The summed E-state index contributed by atoms with van der Waals surface area (Å²) in [7, 11) is 3.52. The van der Waals surface area contributed by atoms with E-state index in [9.17, 15) is 9.59 Å². The van der Waals surface area contributed by atoms with Gasteiger partial charge in [-0.15, -0.1) is 0 Å². The van der Waals surface area contributed by atoms with E-state index >= 15 is 0 Å². The first-order valence-corrected chi connectivity index (χ1v) is 8.22. The molecule has 1 aliphatic heterocycles. The molecule has 22 heavy (non-hydrogen) atoms. The van der Waals surface area contributed by atoms with Crippen LogP contribution in [0.1, 0.15) is 39.5 Å². The van der Waals surface area contributed by atoms with Gasteiger partial charge in [-0.3, -0.25) is 9.59 Å². The third-order valence-corrected chi connectivity index (χ3v) is 5.36. The van der Waals surface area contributed by atoms with Gasteiger partial charge in [0.25, 0.3) is 0 Å². The zero-order valence-electron chi connectivity index (χ0n) is 14.1. The van der Waals surface area contributed by atoms with Gasteiger partial charge in [-0.1, -0.05) is 0 Å². The van der Waals surface area contributed by atoms with E-state index in [1.165, 1.54) is 7.11 Å². The van der Waals surface area contributed by atoms with Crippen molar-refractivity contribution in [3.63, 3.8) is 0 Å². The second kappa shape index (κ2) is 6.96. The van der Waals surface area contributed by atoms with Crippen LogP contribution in [-0.2, 0) is 14.3 Å². The predicted molar refractivity (Wildman–Crippen MR) is 84.1 cm³/mol. The maximum absolute atomic E-state index is 12.3. The molecule has 4 atom stereocenters. The molecule has 1 saturated carbocycles. The molecular weight excluding hydrogens is 282 g/mol. The molecule has 0 spiro atoms. The van der Waals surface area contributed by atoms with Gasteiger partial charge in [0.2, 0.25) is 5.91 Å². The van der Waals surface area contributed by atoms with Crippen LogP contribution in [0.3, 0.4) is 0 Å². The summed E-state index contributed by atoms with van der Waals surface area (Å²) in [6.07, 6.45) is 3.25. The Hall–Kier alpha value is -1.14. The fraction of sp³-hybridized carbons (Fsp3) is 0.875. The topological polar surface area (TPSA) is 75.9 Å². The lowest BCUT2D eigenvalue weighted by atomic mass is 9.80. The molecule has 6 nitrogen and oxygen atoms in total. The van der Waals surface area contributed by atoms with Gasteiger partial charge in [0.1, 0.15) is 0 Å². The molecule has 0 radical (unpaired) electrons. The minimum atomic E-state index is -0.408. The minimum Gasteiger partial charge on any atom is -0.469 e. The van der Waals surface area contributed by atoms with Crippen LogP contribution in [0.2, 0.25) is 0 Å². The number of carbonyl (C=O) groups excluding carboxylic acids is 2. The molecule has 0 bridgehead atoms. The van der Waals surface area contributed by atoms with E-state index in [1.807, 2.05) is 4.90 Å². The Bertz CT molecular complexity index is 427. The number of nitrogens with zero attached hydrogens (tertiary/aromatic N) is 2. The van der Waals surface area contributed by atoms with Gasteiger partial charge >= 0.3 is 5.97 Å². The van der Waals surface area contributed by atoms with Crippen LogP contribution in [0, 0.1) is 5.92 Å². The number of nitrogens with two attached hydrogens (primary N) is 1. The molecule has 2 rings (SSSR count). The highest BCUT2D eigenvalue weighted by atomic mass is 16.5. The van der Waals surface area contributed by atoms with Gasteiger partial charge in [0.15, 0.2) is 0 Å². The molecule has 2 aliphatic rings. The van der Waals surface area contributed by atoms with E-state index in [2.05, 4.69) is 25.8 Å². The van der Waals surface area contributed by atoms with E-state index < -0.39 is 6.04 Å². The van der Waals surface area contributed by atoms with Crippen LogP contribution >= 0.6 is 0 Å². The van der Waals surface area contributed by atoms with E-state index in [0.717, 1.165) is 19.3 Å². The Labute approximate surface area is 132 Å². The van der Waals surface area contributed by atoms with E-state index in [4.69, 9.17) is 10.5 Å². The average Bonchev–Trinajstić information content (AvgIpc) is 2.84. The molecule has 2 N–H and O–H groups in total. The Balaban J connectivity index is 2.14. The first-order valence-electron chi connectivity index (χ1n) is 8.22. The monoisotopic (exact) mass is 311 g/mol. The standard InChI is InChI=1S/C16H29N3O3/c1-10(2)18(3)11-5-6-14(12(9-11)16(21)22-4)19-8-7-13(17)15(19)20/h10-14H,5-9,17H2,1-4H3/t11-,12?,13+,14+/m1/s1. The van der Waals surface area contributed by atoms with Crippen molar-refractivity contribution in [2.45, 2.75) is 63.7 Å². The highest BCUT2D eigenvalue weighted by molar-refractivity contribution is 5.85. The van der Waals surface area contributed by atoms with Crippen molar-refractivity contribution >= 4 is 11.9 Å². The van der Waals surface area contributed by atoms with Crippen LogP contribution in [-0.4, -0.2) is 66.5 Å².